The van der Waals surface area contributed by atoms with Crippen LogP contribution in [0.2, 0.25) is 0 Å². The van der Waals surface area contributed by atoms with E-state index in [0.29, 0.717) is 18.1 Å². The molecule has 0 atom stereocenters. The third-order valence-corrected chi connectivity index (χ3v) is 3.76. The van der Waals surface area contributed by atoms with Crippen molar-refractivity contribution in [3.8, 4) is 0 Å². The maximum Gasteiger partial charge on any atom is 0.338 e. The van der Waals surface area contributed by atoms with Gasteiger partial charge in [-0.1, -0.05) is 45.9 Å². The van der Waals surface area contributed by atoms with E-state index in [9.17, 15) is 4.79 Å². The number of benzene rings is 1. The maximum atomic E-state index is 12.2. The van der Waals surface area contributed by atoms with Crippen molar-refractivity contribution < 1.29 is 9.53 Å². The molecule has 1 aromatic carbocycles. The predicted molar refractivity (Wildman–Crippen MR) is 87.7 cm³/mol. The summed E-state index contributed by atoms with van der Waals surface area (Å²) >= 11 is 0. The first-order chi connectivity index (χ1) is 10.1. The number of hydrogen-bond donors (Lipinski definition) is 0. The summed E-state index contributed by atoms with van der Waals surface area (Å²) < 4.78 is 5.39. The molecule has 0 aliphatic carbocycles. The molecule has 1 rings (SSSR count). The van der Waals surface area contributed by atoms with Gasteiger partial charge in [-0.2, -0.15) is 0 Å². The molecular weight excluding hydrogens is 262 g/mol. The minimum atomic E-state index is -0.189. The van der Waals surface area contributed by atoms with E-state index in [0.717, 1.165) is 38.0 Å². The summed E-state index contributed by atoms with van der Waals surface area (Å²) in [5.41, 5.74) is 1.80. The first-order valence-corrected chi connectivity index (χ1v) is 8.05. The Bertz CT molecular complexity index is 425. The molecular formula is C18H29NO2. The molecule has 0 saturated heterocycles. The van der Waals surface area contributed by atoms with Gasteiger partial charge >= 0.3 is 5.97 Å². The summed E-state index contributed by atoms with van der Waals surface area (Å²) in [6, 6.07) is 7.79. The van der Waals surface area contributed by atoms with Crippen LogP contribution in [0.5, 0.6) is 0 Å². The van der Waals surface area contributed by atoms with Crippen molar-refractivity contribution in [3.05, 3.63) is 35.4 Å². The lowest BCUT2D eigenvalue weighted by Crippen LogP contribution is -2.26. The second-order valence-electron chi connectivity index (χ2n) is 5.75. The highest BCUT2D eigenvalue weighted by Gasteiger charge is 2.13. The van der Waals surface area contributed by atoms with Gasteiger partial charge in [0.25, 0.3) is 0 Å². The predicted octanol–water partition coefficient (Wildman–Crippen LogP) is 3.77. The van der Waals surface area contributed by atoms with Gasteiger partial charge in [-0.15, -0.1) is 0 Å². The van der Waals surface area contributed by atoms with E-state index < -0.39 is 0 Å². The molecule has 0 aliphatic rings. The Kier molecular flexibility index (Phi) is 8.06. The summed E-state index contributed by atoms with van der Waals surface area (Å²) in [7, 11) is 0. The molecule has 1 aromatic rings. The highest BCUT2D eigenvalue weighted by Crippen LogP contribution is 2.12. The third-order valence-electron chi connectivity index (χ3n) is 3.76. The molecule has 3 heteroatoms. The van der Waals surface area contributed by atoms with Gasteiger partial charge in [-0.25, -0.2) is 4.79 Å². The summed E-state index contributed by atoms with van der Waals surface area (Å²) in [4.78, 5) is 14.6. The number of ether oxygens (including phenoxy) is 1. The Balaban J connectivity index is 2.63. The summed E-state index contributed by atoms with van der Waals surface area (Å²) in [6.45, 7) is 12.1. The zero-order valence-corrected chi connectivity index (χ0v) is 13.9. The lowest BCUT2D eigenvalue weighted by atomic mass is 10.0. The lowest BCUT2D eigenvalue weighted by Gasteiger charge is -2.18. The highest BCUT2D eigenvalue weighted by molar-refractivity contribution is 5.91. The fourth-order valence-electron chi connectivity index (χ4n) is 2.22. The van der Waals surface area contributed by atoms with Gasteiger partial charge in [0.2, 0.25) is 0 Å². The van der Waals surface area contributed by atoms with E-state index in [2.05, 4.69) is 32.6 Å². The van der Waals surface area contributed by atoms with Crippen LogP contribution in [0.25, 0.3) is 0 Å². The van der Waals surface area contributed by atoms with E-state index in [1.165, 1.54) is 0 Å². The van der Waals surface area contributed by atoms with Gasteiger partial charge in [0, 0.05) is 6.54 Å². The van der Waals surface area contributed by atoms with Crippen LogP contribution in [-0.4, -0.2) is 37.1 Å². The SMILES string of the molecule is CCN(CC)CCc1ccccc1C(=O)OCCC(C)C. The number of carbonyl (C=O) groups is 1. The molecule has 0 amide bonds. The summed E-state index contributed by atoms with van der Waals surface area (Å²) in [6.07, 6.45) is 1.80. The van der Waals surface area contributed by atoms with Crippen LogP contribution in [0.3, 0.4) is 0 Å². The summed E-state index contributed by atoms with van der Waals surface area (Å²) in [5.74, 6) is 0.363. The number of esters is 1. The first kappa shape index (κ1) is 17.7. The molecule has 0 heterocycles. The Hall–Kier alpha value is -1.35. The van der Waals surface area contributed by atoms with E-state index in [4.69, 9.17) is 4.74 Å². The zero-order chi connectivity index (χ0) is 15.7. The Morgan fingerprint density at radius 3 is 2.48 bits per heavy atom. The molecule has 0 saturated carbocycles. The van der Waals surface area contributed by atoms with Crippen molar-refractivity contribution in [2.45, 2.75) is 40.5 Å². The molecule has 0 aromatic heterocycles. The van der Waals surface area contributed by atoms with Crippen LogP contribution in [0.1, 0.15) is 50.0 Å². The molecule has 0 spiro atoms. The molecule has 0 aliphatic heterocycles. The second kappa shape index (κ2) is 9.56. The molecule has 3 nitrogen and oxygen atoms in total. The normalized spacial score (nSPS) is 11.1. The highest BCUT2D eigenvalue weighted by atomic mass is 16.5. The van der Waals surface area contributed by atoms with E-state index in [1.54, 1.807) is 0 Å². The molecule has 0 N–H and O–H groups in total. The first-order valence-electron chi connectivity index (χ1n) is 8.05. The maximum absolute atomic E-state index is 12.2. The smallest absolute Gasteiger partial charge is 0.338 e. The molecule has 21 heavy (non-hydrogen) atoms. The quantitative estimate of drug-likeness (QED) is 0.649. The molecule has 118 valence electrons. The van der Waals surface area contributed by atoms with Crippen LogP contribution >= 0.6 is 0 Å². The number of rotatable bonds is 9. The van der Waals surface area contributed by atoms with Gasteiger partial charge in [-0.3, -0.25) is 0 Å². The van der Waals surface area contributed by atoms with Crippen LogP contribution in [-0.2, 0) is 11.2 Å². The Morgan fingerprint density at radius 1 is 1.19 bits per heavy atom. The van der Waals surface area contributed by atoms with Crippen LogP contribution in [0.4, 0.5) is 0 Å². The van der Waals surface area contributed by atoms with E-state index in [-0.39, 0.29) is 5.97 Å². The average Bonchev–Trinajstić information content (AvgIpc) is 2.48. The van der Waals surface area contributed by atoms with E-state index >= 15 is 0 Å². The number of carbonyl (C=O) groups excluding carboxylic acids is 1. The topological polar surface area (TPSA) is 29.5 Å². The van der Waals surface area contributed by atoms with Crippen molar-refractivity contribution in [1.29, 1.82) is 0 Å². The fourth-order valence-corrected chi connectivity index (χ4v) is 2.22. The van der Waals surface area contributed by atoms with Crippen LogP contribution < -0.4 is 0 Å². The van der Waals surface area contributed by atoms with Gasteiger partial charge < -0.3 is 9.64 Å². The monoisotopic (exact) mass is 291 g/mol. The molecule has 0 unspecified atom stereocenters. The molecule has 0 fully saturated rings. The Labute approximate surface area is 129 Å². The lowest BCUT2D eigenvalue weighted by molar-refractivity contribution is 0.0486. The van der Waals surface area contributed by atoms with Crippen molar-refractivity contribution in [2.75, 3.05) is 26.2 Å². The minimum absolute atomic E-state index is 0.189. The van der Waals surface area contributed by atoms with Gasteiger partial charge in [0.15, 0.2) is 0 Å². The van der Waals surface area contributed by atoms with Gasteiger partial charge in [0.05, 0.1) is 12.2 Å². The minimum Gasteiger partial charge on any atom is -0.462 e. The number of likely N-dealkylation sites (N-methyl/N-ethyl adjacent to an activating group) is 1. The van der Waals surface area contributed by atoms with Crippen molar-refractivity contribution in [3.63, 3.8) is 0 Å². The van der Waals surface area contributed by atoms with Crippen molar-refractivity contribution in [2.24, 2.45) is 5.92 Å². The number of nitrogens with zero attached hydrogens (tertiary/aromatic N) is 1. The van der Waals surface area contributed by atoms with E-state index in [1.807, 2.05) is 24.3 Å². The largest absolute Gasteiger partial charge is 0.462 e. The van der Waals surface area contributed by atoms with Gasteiger partial charge in [-0.05, 0) is 43.5 Å². The molecule has 0 radical (unpaired) electrons. The van der Waals surface area contributed by atoms with Gasteiger partial charge in [0.1, 0.15) is 0 Å². The standard InChI is InChI=1S/C18H29NO2/c1-5-19(6-2)13-11-16-9-7-8-10-17(16)18(20)21-14-12-15(3)4/h7-10,15H,5-6,11-14H2,1-4H3. The number of hydrogen-bond acceptors (Lipinski definition) is 3. The van der Waals surface area contributed by atoms with Crippen LogP contribution in [0.15, 0.2) is 24.3 Å². The van der Waals surface area contributed by atoms with Crippen molar-refractivity contribution in [1.82, 2.24) is 4.90 Å². The van der Waals surface area contributed by atoms with Crippen LogP contribution in [0, 0.1) is 5.92 Å². The third kappa shape index (κ3) is 6.30. The van der Waals surface area contributed by atoms with Crippen molar-refractivity contribution >= 4 is 5.97 Å². The zero-order valence-electron chi connectivity index (χ0n) is 13.9. The Morgan fingerprint density at radius 2 is 1.86 bits per heavy atom. The molecule has 0 bridgehead atoms. The second-order valence-corrected chi connectivity index (χ2v) is 5.75. The fraction of sp³-hybridized carbons (Fsp3) is 0.611. The summed E-state index contributed by atoms with van der Waals surface area (Å²) in [5, 5.41) is 0. The average molecular weight is 291 g/mol.